The quantitative estimate of drug-likeness (QED) is 0.771. The summed E-state index contributed by atoms with van der Waals surface area (Å²) in [7, 11) is 0. The Morgan fingerprint density at radius 1 is 1.12 bits per heavy atom. The zero-order valence-corrected chi connectivity index (χ0v) is 15.4. The van der Waals surface area contributed by atoms with Gasteiger partial charge in [-0.2, -0.15) is 0 Å². The zero-order chi connectivity index (χ0) is 18.6. The smallest absolute Gasteiger partial charge is 0.416 e. The molecule has 2 rings (SSSR count). The second kappa shape index (κ2) is 7.47. The highest BCUT2D eigenvalue weighted by molar-refractivity contribution is 5.87. The van der Waals surface area contributed by atoms with Gasteiger partial charge in [-0.15, -0.1) is 0 Å². The SMILES string of the molecule is Cc1ccc(CN(C(=O)OC(C)(C)C)c2ccc(C=O)c(C)n2)cc1. The van der Waals surface area contributed by atoms with Crippen LogP contribution in [0, 0.1) is 13.8 Å². The van der Waals surface area contributed by atoms with Crippen LogP contribution in [0.4, 0.5) is 10.6 Å². The van der Waals surface area contributed by atoms with Crippen molar-refractivity contribution in [3.05, 3.63) is 58.8 Å². The van der Waals surface area contributed by atoms with Crippen LogP contribution in [0.1, 0.15) is 48.0 Å². The number of hydrogen-bond donors (Lipinski definition) is 0. The maximum Gasteiger partial charge on any atom is 0.416 e. The lowest BCUT2D eigenvalue weighted by Gasteiger charge is -2.27. The number of benzene rings is 1. The molecule has 5 heteroatoms. The summed E-state index contributed by atoms with van der Waals surface area (Å²) in [6.07, 6.45) is 0.281. The van der Waals surface area contributed by atoms with Crippen LogP contribution in [0.25, 0.3) is 0 Å². The van der Waals surface area contributed by atoms with E-state index in [2.05, 4.69) is 4.98 Å². The predicted molar refractivity (Wildman–Crippen MR) is 98.0 cm³/mol. The third-order valence-electron chi connectivity index (χ3n) is 3.59. The van der Waals surface area contributed by atoms with E-state index in [1.165, 1.54) is 4.90 Å². The lowest BCUT2D eigenvalue weighted by molar-refractivity contribution is 0.0576. The number of rotatable bonds is 4. The van der Waals surface area contributed by atoms with Gasteiger partial charge in [-0.1, -0.05) is 29.8 Å². The van der Waals surface area contributed by atoms with Gasteiger partial charge in [0.1, 0.15) is 11.4 Å². The van der Waals surface area contributed by atoms with Crippen LogP contribution in [-0.2, 0) is 11.3 Å². The fourth-order valence-electron chi connectivity index (χ4n) is 2.27. The lowest BCUT2D eigenvalue weighted by atomic mass is 10.1. The van der Waals surface area contributed by atoms with E-state index >= 15 is 0 Å². The monoisotopic (exact) mass is 340 g/mol. The molecule has 2 aromatic rings. The zero-order valence-electron chi connectivity index (χ0n) is 15.4. The van der Waals surface area contributed by atoms with Crippen LogP contribution in [0.5, 0.6) is 0 Å². The van der Waals surface area contributed by atoms with Crippen molar-refractivity contribution in [1.82, 2.24) is 4.98 Å². The van der Waals surface area contributed by atoms with Crippen LogP contribution in [0.2, 0.25) is 0 Å². The summed E-state index contributed by atoms with van der Waals surface area (Å²) in [5.41, 5.74) is 2.58. The molecule has 0 aliphatic carbocycles. The molecule has 0 fully saturated rings. The molecule has 0 atom stereocenters. The molecule has 1 amide bonds. The fourth-order valence-corrected chi connectivity index (χ4v) is 2.27. The molecule has 0 aliphatic rings. The van der Waals surface area contributed by atoms with E-state index in [0.29, 0.717) is 23.6 Å². The molecule has 132 valence electrons. The van der Waals surface area contributed by atoms with Crippen LogP contribution in [-0.4, -0.2) is 23.0 Å². The molecule has 0 bridgehead atoms. The van der Waals surface area contributed by atoms with E-state index in [0.717, 1.165) is 17.4 Å². The first-order valence-corrected chi connectivity index (χ1v) is 8.18. The number of amides is 1. The highest BCUT2D eigenvalue weighted by Crippen LogP contribution is 2.21. The van der Waals surface area contributed by atoms with Gasteiger partial charge in [0.2, 0.25) is 0 Å². The van der Waals surface area contributed by atoms with Gasteiger partial charge in [0.25, 0.3) is 0 Å². The summed E-state index contributed by atoms with van der Waals surface area (Å²) in [5, 5.41) is 0. The molecule has 1 aromatic carbocycles. The molecule has 1 heterocycles. The maximum absolute atomic E-state index is 12.7. The predicted octanol–water partition coefficient (Wildman–Crippen LogP) is 4.45. The van der Waals surface area contributed by atoms with Crippen LogP contribution < -0.4 is 4.90 Å². The number of carbonyl (C=O) groups excluding carboxylic acids is 2. The Kier molecular flexibility index (Phi) is 5.57. The van der Waals surface area contributed by atoms with E-state index in [1.54, 1.807) is 19.1 Å². The van der Waals surface area contributed by atoms with Crippen molar-refractivity contribution in [3.63, 3.8) is 0 Å². The Labute approximate surface area is 148 Å². The summed E-state index contributed by atoms with van der Waals surface area (Å²) in [5.74, 6) is 0.456. The molecule has 0 spiro atoms. The minimum atomic E-state index is -0.611. The Morgan fingerprint density at radius 2 is 1.76 bits per heavy atom. The van der Waals surface area contributed by atoms with E-state index < -0.39 is 11.7 Å². The second-order valence-corrected chi connectivity index (χ2v) is 7.01. The standard InChI is InChI=1S/C20H24N2O3/c1-14-6-8-16(9-7-14)12-22(19(24)25-20(3,4)5)18-11-10-17(13-23)15(2)21-18/h6-11,13H,12H2,1-5H3. The summed E-state index contributed by atoms with van der Waals surface area (Å²) in [4.78, 5) is 29.6. The molecular formula is C20H24N2O3. The highest BCUT2D eigenvalue weighted by atomic mass is 16.6. The summed E-state index contributed by atoms with van der Waals surface area (Å²) in [6, 6.07) is 11.3. The number of pyridine rings is 1. The summed E-state index contributed by atoms with van der Waals surface area (Å²) >= 11 is 0. The van der Waals surface area contributed by atoms with Crippen LogP contribution in [0.3, 0.4) is 0 Å². The molecule has 25 heavy (non-hydrogen) atoms. The molecule has 0 radical (unpaired) electrons. The average Bonchev–Trinajstić information content (AvgIpc) is 2.52. The van der Waals surface area contributed by atoms with E-state index in [9.17, 15) is 9.59 Å². The average molecular weight is 340 g/mol. The van der Waals surface area contributed by atoms with Gasteiger partial charge in [0, 0.05) is 5.56 Å². The third-order valence-corrected chi connectivity index (χ3v) is 3.59. The summed E-state index contributed by atoms with van der Waals surface area (Å²) in [6.45, 7) is 9.56. The highest BCUT2D eigenvalue weighted by Gasteiger charge is 2.25. The Hall–Kier alpha value is -2.69. The number of ether oxygens (including phenoxy) is 1. The van der Waals surface area contributed by atoms with Crippen LogP contribution >= 0.6 is 0 Å². The van der Waals surface area contributed by atoms with Crippen molar-refractivity contribution in [1.29, 1.82) is 0 Å². The van der Waals surface area contributed by atoms with Crippen LogP contribution in [0.15, 0.2) is 36.4 Å². The number of aromatic nitrogens is 1. The lowest BCUT2D eigenvalue weighted by Crippen LogP contribution is -2.37. The molecular weight excluding hydrogens is 316 g/mol. The molecule has 5 nitrogen and oxygen atoms in total. The van der Waals surface area contributed by atoms with E-state index in [-0.39, 0.29) is 0 Å². The van der Waals surface area contributed by atoms with Crippen molar-refractivity contribution >= 4 is 18.2 Å². The molecule has 0 aliphatic heterocycles. The Bertz CT molecular complexity index is 762. The minimum Gasteiger partial charge on any atom is -0.443 e. The van der Waals surface area contributed by atoms with Gasteiger partial charge in [-0.05, 0) is 52.3 Å². The largest absolute Gasteiger partial charge is 0.443 e. The first-order chi connectivity index (χ1) is 11.7. The number of anilines is 1. The third kappa shape index (κ3) is 5.14. The van der Waals surface area contributed by atoms with E-state index in [1.807, 2.05) is 52.0 Å². The van der Waals surface area contributed by atoms with Crippen molar-refractivity contribution in [2.75, 3.05) is 4.90 Å². The topological polar surface area (TPSA) is 59.5 Å². The first kappa shape index (κ1) is 18.6. The minimum absolute atomic E-state index is 0.335. The first-order valence-electron chi connectivity index (χ1n) is 8.18. The summed E-state index contributed by atoms with van der Waals surface area (Å²) < 4.78 is 5.52. The van der Waals surface area contributed by atoms with E-state index in [4.69, 9.17) is 4.74 Å². The van der Waals surface area contributed by atoms with Crippen molar-refractivity contribution in [3.8, 4) is 0 Å². The fraction of sp³-hybridized carbons (Fsp3) is 0.350. The molecule has 1 aromatic heterocycles. The van der Waals surface area contributed by atoms with Crippen molar-refractivity contribution in [2.24, 2.45) is 0 Å². The number of hydrogen-bond acceptors (Lipinski definition) is 4. The van der Waals surface area contributed by atoms with Gasteiger partial charge in [0.15, 0.2) is 6.29 Å². The normalized spacial score (nSPS) is 11.1. The van der Waals surface area contributed by atoms with Gasteiger partial charge in [-0.3, -0.25) is 9.69 Å². The van der Waals surface area contributed by atoms with Gasteiger partial charge < -0.3 is 4.74 Å². The van der Waals surface area contributed by atoms with Crippen molar-refractivity contribution < 1.29 is 14.3 Å². The second-order valence-electron chi connectivity index (χ2n) is 7.01. The Morgan fingerprint density at radius 3 is 2.28 bits per heavy atom. The van der Waals surface area contributed by atoms with Gasteiger partial charge in [0.05, 0.1) is 12.2 Å². The molecule has 0 unspecified atom stereocenters. The van der Waals surface area contributed by atoms with Gasteiger partial charge >= 0.3 is 6.09 Å². The van der Waals surface area contributed by atoms with Gasteiger partial charge in [-0.25, -0.2) is 9.78 Å². The van der Waals surface area contributed by atoms with Crippen molar-refractivity contribution in [2.45, 2.75) is 46.8 Å². The Balaban J connectivity index is 2.37. The molecule has 0 saturated carbocycles. The number of nitrogens with zero attached hydrogens (tertiary/aromatic N) is 2. The molecule has 0 saturated heterocycles. The number of aryl methyl sites for hydroxylation is 2. The number of carbonyl (C=O) groups is 2. The number of aldehydes is 1. The maximum atomic E-state index is 12.7. The molecule has 0 N–H and O–H groups in total.